The van der Waals surface area contributed by atoms with E-state index in [-0.39, 0.29) is 5.69 Å². The average Bonchev–Trinajstić information content (AvgIpc) is 3.22. The maximum absolute atomic E-state index is 12.7. The average molecular weight is 349 g/mol. The van der Waals surface area contributed by atoms with Crippen LogP contribution in [0.3, 0.4) is 0 Å². The van der Waals surface area contributed by atoms with E-state index in [2.05, 4.69) is 5.10 Å². The smallest absolute Gasteiger partial charge is 0.208 e. The summed E-state index contributed by atoms with van der Waals surface area (Å²) >= 11 is 1.28. The van der Waals surface area contributed by atoms with Crippen LogP contribution in [0, 0.1) is 31.1 Å². The highest BCUT2D eigenvalue weighted by Gasteiger charge is 2.31. The van der Waals surface area contributed by atoms with Gasteiger partial charge in [0.15, 0.2) is 11.7 Å². The molecule has 0 spiro atoms. The van der Waals surface area contributed by atoms with Gasteiger partial charge in [-0.05, 0) is 44.2 Å². The van der Waals surface area contributed by atoms with Gasteiger partial charge < -0.3 is 0 Å². The maximum Gasteiger partial charge on any atom is 0.208 e. The Morgan fingerprint density at radius 1 is 1.12 bits per heavy atom. The van der Waals surface area contributed by atoms with Crippen molar-refractivity contribution in [2.75, 3.05) is 0 Å². The Morgan fingerprint density at radius 3 is 2.44 bits per heavy atom. The SMILES string of the molecule is Cc1ccc(C(=O)C(C#N)C(=O)c2cc(C)n(-c3ccccc3)n2)s1. The third-order valence-electron chi connectivity index (χ3n) is 3.78. The molecule has 0 N–H and O–H groups in total. The van der Waals surface area contributed by atoms with Crippen molar-refractivity contribution in [1.82, 2.24) is 9.78 Å². The zero-order valence-corrected chi connectivity index (χ0v) is 14.6. The molecule has 0 saturated carbocycles. The molecule has 0 amide bonds. The molecule has 3 rings (SSSR count). The number of carbonyl (C=O) groups excluding carboxylic acids is 2. The minimum Gasteiger partial charge on any atom is -0.291 e. The second-order valence-electron chi connectivity index (χ2n) is 5.62. The fraction of sp³-hybridized carbons (Fsp3) is 0.158. The normalized spacial score (nSPS) is 11.7. The molecule has 0 aliphatic carbocycles. The monoisotopic (exact) mass is 349 g/mol. The van der Waals surface area contributed by atoms with Gasteiger partial charge in [-0.3, -0.25) is 9.59 Å². The van der Waals surface area contributed by atoms with Crippen molar-refractivity contribution >= 4 is 22.9 Å². The van der Waals surface area contributed by atoms with E-state index in [1.165, 1.54) is 11.3 Å². The number of Topliss-reactive ketones (excluding diaryl/α,β-unsaturated/α-hetero) is 2. The quantitative estimate of drug-likeness (QED) is 0.519. The molecule has 25 heavy (non-hydrogen) atoms. The second kappa shape index (κ2) is 6.83. The third kappa shape index (κ3) is 3.28. The van der Waals surface area contributed by atoms with Gasteiger partial charge in [-0.1, -0.05) is 18.2 Å². The number of benzene rings is 1. The highest BCUT2D eigenvalue weighted by Crippen LogP contribution is 2.22. The number of aromatic nitrogens is 2. The lowest BCUT2D eigenvalue weighted by Gasteiger charge is -2.04. The fourth-order valence-corrected chi connectivity index (χ4v) is 3.36. The maximum atomic E-state index is 12.7. The Morgan fingerprint density at radius 2 is 1.84 bits per heavy atom. The van der Waals surface area contributed by atoms with Crippen molar-refractivity contribution in [1.29, 1.82) is 5.26 Å². The molecule has 0 fully saturated rings. The van der Waals surface area contributed by atoms with Crippen molar-refractivity contribution in [2.45, 2.75) is 13.8 Å². The van der Waals surface area contributed by atoms with Gasteiger partial charge in [-0.2, -0.15) is 10.4 Å². The summed E-state index contributed by atoms with van der Waals surface area (Å²) in [5.74, 6) is -2.43. The van der Waals surface area contributed by atoms with Crippen LogP contribution in [0.2, 0.25) is 0 Å². The summed E-state index contributed by atoms with van der Waals surface area (Å²) in [5, 5.41) is 13.7. The van der Waals surface area contributed by atoms with Crippen molar-refractivity contribution in [3.8, 4) is 11.8 Å². The number of thiophene rings is 1. The first kappa shape index (κ1) is 16.8. The van der Waals surface area contributed by atoms with Crippen LogP contribution in [-0.2, 0) is 0 Å². The molecule has 0 saturated heterocycles. The third-order valence-corrected chi connectivity index (χ3v) is 4.79. The second-order valence-corrected chi connectivity index (χ2v) is 6.91. The Bertz CT molecular complexity index is 980. The molecule has 1 unspecified atom stereocenters. The lowest BCUT2D eigenvalue weighted by Crippen LogP contribution is -2.23. The first-order valence-corrected chi connectivity index (χ1v) is 8.49. The summed E-state index contributed by atoms with van der Waals surface area (Å²) in [7, 11) is 0. The Balaban J connectivity index is 1.92. The van der Waals surface area contributed by atoms with E-state index in [1.54, 1.807) is 22.9 Å². The number of rotatable bonds is 5. The van der Waals surface area contributed by atoms with Crippen LogP contribution < -0.4 is 0 Å². The van der Waals surface area contributed by atoms with Gasteiger partial charge in [0.05, 0.1) is 16.6 Å². The summed E-state index contributed by atoms with van der Waals surface area (Å²) in [6.45, 7) is 3.69. The first-order chi connectivity index (χ1) is 12.0. The lowest BCUT2D eigenvalue weighted by molar-refractivity contribution is 0.0845. The van der Waals surface area contributed by atoms with Gasteiger partial charge in [0.25, 0.3) is 0 Å². The number of nitriles is 1. The number of carbonyl (C=O) groups is 2. The van der Waals surface area contributed by atoms with E-state index in [0.29, 0.717) is 4.88 Å². The van der Waals surface area contributed by atoms with Gasteiger partial charge in [-0.15, -0.1) is 11.3 Å². The Hall–Kier alpha value is -3.04. The number of hydrogen-bond acceptors (Lipinski definition) is 5. The predicted molar refractivity (Wildman–Crippen MR) is 95.1 cm³/mol. The van der Waals surface area contributed by atoms with Crippen LogP contribution in [0.15, 0.2) is 48.5 Å². The molecular formula is C19H15N3O2S. The highest BCUT2D eigenvalue weighted by molar-refractivity contribution is 7.14. The summed E-state index contributed by atoms with van der Waals surface area (Å²) in [6.07, 6.45) is 0. The van der Waals surface area contributed by atoms with Crippen LogP contribution in [-0.4, -0.2) is 21.3 Å². The Kier molecular flexibility index (Phi) is 4.59. The molecule has 5 nitrogen and oxygen atoms in total. The minimum atomic E-state index is -1.38. The molecule has 0 bridgehead atoms. The van der Waals surface area contributed by atoms with Crippen molar-refractivity contribution in [3.05, 3.63) is 69.7 Å². The summed E-state index contributed by atoms with van der Waals surface area (Å²) in [6, 6.07) is 16.3. The van der Waals surface area contributed by atoms with Crippen LogP contribution in [0.25, 0.3) is 5.69 Å². The molecule has 1 aromatic carbocycles. The lowest BCUT2D eigenvalue weighted by atomic mass is 9.97. The minimum absolute atomic E-state index is 0.120. The molecule has 2 aromatic heterocycles. The van der Waals surface area contributed by atoms with Crippen molar-refractivity contribution < 1.29 is 9.59 Å². The molecule has 0 radical (unpaired) electrons. The Labute approximate surface area is 149 Å². The largest absolute Gasteiger partial charge is 0.291 e. The molecule has 2 heterocycles. The molecule has 124 valence electrons. The van der Waals surface area contributed by atoms with Gasteiger partial charge in [0.2, 0.25) is 5.78 Å². The van der Waals surface area contributed by atoms with E-state index in [0.717, 1.165) is 16.3 Å². The highest BCUT2D eigenvalue weighted by atomic mass is 32.1. The van der Waals surface area contributed by atoms with Crippen LogP contribution >= 0.6 is 11.3 Å². The van der Waals surface area contributed by atoms with Crippen molar-refractivity contribution in [2.24, 2.45) is 5.92 Å². The standard InChI is InChI=1S/C19H15N3O2S/c1-12-10-16(21-22(12)14-6-4-3-5-7-14)18(23)15(11-20)19(24)17-9-8-13(2)25-17/h3-10,15H,1-2H3. The number of nitrogens with zero attached hydrogens (tertiary/aromatic N) is 3. The van der Waals surface area contributed by atoms with Gasteiger partial charge in [0.1, 0.15) is 5.69 Å². The van der Waals surface area contributed by atoms with E-state index in [1.807, 2.05) is 50.2 Å². The van der Waals surface area contributed by atoms with Gasteiger partial charge >= 0.3 is 0 Å². The van der Waals surface area contributed by atoms with Crippen molar-refractivity contribution in [3.63, 3.8) is 0 Å². The zero-order chi connectivity index (χ0) is 18.0. The molecule has 0 aliphatic rings. The molecular weight excluding hydrogens is 334 g/mol. The fourth-order valence-electron chi connectivity index (χ4n) is 2.52. The van der Waals surface area contributed by atoms with Gasteiger partial charge in [-0.25, -0.2) is 4.68 Å². The predicted octanol–water partition coefficient (Wildman–Crippen LogP) is 3.76. The molecule has 3 aromatic rings. The van der Waals surface area contributed by atoms with Crippen LogP contribution in [0.5, 0.6) is 0 Å². The molecule has 0 aliphatic heterocycles. The topological polar surface area (TPSA) is 75.8 Å². The summed E-state index contributed by atoms with van der Waals surface area (Å²) in [4.78, 5) is 26.5. The van der Waals surface area contributed by atoms with Gasteiger partial charge in [0, 0.05) is 10.6 Å². The van der Waals surface area contributed by atoms with E-state index >= 15 is 0 Å². The zero-order valence-electron chi connectivity index (χ0n) is 13.8. The first-order valence-electron chi connectivity index (χ1n) is 7.68. The van der Waals surface area contributed by atoms with Crippen LogP contribution in [0.1, 0.15) is 30.7 Å². The summed E-state index contributed by atoms with van der Waals surface area (Å²) in [5.41, 5.74) is 1.69. The van der Waals surface area contributed by atoms with E-state index in [4.69, 9.17) is 0 Å². The molecule has 6 heteroatoms. The number of para-hydroxylation sites is 1. The van der Waals surface area contributed by atoms with E-state index in [9.17, 15) is 14.9 Å². The molecule has 1 atom stereocenters. The van der Waals surface area contributed by atoms with E-state index < -0.39 is 17.5 Å². The van der Waals surface area contributed by atoms with Crippen LogP contribution in [0.4, 0.5) is 0 Å². The summed E-state index contributed by atoms with van der Waals surface area (Å²) < 4.78 is 1.63. The number of ketones is 2. The number of aryl methyl sites for hydroxylation is 2. The number of hydrogen-bond donors (Lipinski definition) is 0.